The van der Waals surface area contributed by atoms with Crippen LogP contribution in [-0.4, -0.2) is 87.4 Å². The van der Waals surface area contributed by atoms with Crippen LogP contribution in [-0.2, 0) is 33.4 Å². The lowest BCUT2D eigenvalue weighted by atomic mass is 9.98. The molecule has 22 heteroatoms. The highest BCUT2D eigenvalue weighted by Gasteiger charge is 2.38. The molecule has 0 saturated heterocycles. The van der Waals surface area contributed by atoms with Crippen molar-refractivity contribution in [3.8, 4) is 29.6 Å². The molecule has 0 saturated carbocycles. The number of esters is 3. The Bertz CT molecular complexity index is 2570. The third-order valence-electron chi connectivity index (χ3n) is 10.2. The average Bonchev–Trinajstić information content (AvgIpc) is 3.33. The fourth-order valence-corrected chi connectivity index (χ4v) is 6.43. The van der Waals surface area contributed by atoms with E-state index < -0.39 is 186 Å². The second-order valence-corrected chi connectivity index (χ2v) is 15.6. The van der Waals surface area contributed by atoms with Crippen molar-refractivity contribution < 1.29 is 95.9 Å². The molecular weight excluding hydrogens is 972 g/mol. The van der Waals surface area contributed by atoms with E-state index >= 15 is 0 Å². The van der Waals surface area contributed by atoms with Crippen molar-refractivity contribution in [1.29, 1.82) is 0 Å². The van der Waals surface area contributed by atoms with Crippen LogP contribution in [0.4, 0.5) is 48.3 Å². The molecule has 0 aliphatic rings. The lowest BCUT2D eigenvalue weighted by molar-refractivity contribution is -0.139. The Morgan fingerprint density at radius 1 is 0.592 bits per heavy atom. The third-order valence-corrected chi connectivity index (χ3v) is 10.2. The van der Waals surface area contributed by atoms with Crippen LogP contribution < -0.4 is 14.2 Å². The van der Waals surface area contributed by atoms with Gasteiger partial charge in [-0.3, -0.25) is 24.1 Å². The summed E-state index contributed by atoms with van der Waals surface area (Å²) in [6.45, 7) is 4.97. The number of ether oxygens (including phenoxy) is 6. The molecule has 0 radical (unpaired) electrons. The van der Waals surface area contributed by atoms with E-state index in [0.29, 0.717) is 0 Å². The summed E-state index contributed by atoms with van der Waals surface area (Å²) in [5.74, 6) is -26.8. The Kier molecular flexibility index (Phi) is 22.6. The molecule has 0 fully saturated rings. The molecule has 0 spiro atoms. The van der Waals surface area contributed by atoms with Gasteiger partial charge in [-0.05, 0) is 46.7 Å². The van der Waals surface area contributed by atoms with Crippen molar-refractivity contribution in [2.24, 2.45) is 0 Å². The van der Waals surface area contributed by atoms with Crippen molar-refractivity contribution in [2.45, 2.75) is 71.8 Å². The number of nitrogens with zero attached hydrogens (tertiary/aromatic N) is 1. The van der Waals surface area contributed by atoms with Gasteiger partial charge in [0.05, 0.1) is 63.5 Å². The summed E-state index contributed by atoms with van der Waals surface area (Å²) in [6.07, 6.45) is 7.30. The topological polar surface area (TPSA) is 127 Å². The lowest BCUT2D eigenvalue weighted by Gasteiger charge is -2.41. The lowest BCUT2D eigenvalue weighted by Crippen LogP contribution is -2.58. The Morgan fingerprint density at radius 3 is 1.54 bits per heavy atom. The number of Topliss-reactive ketones (excluding diaryl/α,β-unsaturated/α-hetero) is 1. The van der Waals surface area contributed by atoms with Gasteiger partial charge in [0, 0.05) is 42.6 Å². The Morgan fingerprint density at radius 2 is 1.03 bits per heavy atom. The van der Waals surface area contributed by atoms with Gasteiger partial charge in [-0.2, -0.15) is 13.2 Å². The van der Waals surface area contributed by atoms with Crippen LogP contribution in [0.1, 0.15) is 81.5 Å². The summed E-state index contributed by atoms with van der Waals surface area (Å²) >= 11 is 0. The van der Waals surface area contributed by atoms with E-state index in [9.17, 15) is 67.5 Å². The normalized spacial score (nSPS) is 12.4. The molecule has 0 N–H and O–H groups in total. The smallest absolute Gasteiger partial charge is 0.313 e. The Balaban J connectivity index is 1.87. The van der Waals surface area contributed by atoms with Crippen LogP contribution in [0.2, 0.25) is 0 Å². The van der Waals surface area contributed by atoms with E-state index in [0.717, 1.165) is 25.2 Å². The van der Waals surface area contributed by atoms with Crippen LogP contribution in [0.25, 0.3) is 17.7 Å². The molecule has 0 aliphatic heterocycles. The predicted molar refractivity (Wildman–Crippen MR) is 234 cm³/mol. The van der Waals surface area contributed by atoms with Gasteiger partial charge in [0.2, 0.25) is 29.0 Å². The molecule has 11 nitrogen and oxygen atoms in total. The second kappa shape index (κ2) is 27.3. The van der Waals surface area contributed by atoms with Gasteiger partial charge in [-0.25, -0.2) is 35.1 Å². The zero-order valence-corrected chi connectivity index (χ0v) is 39.0. The van der Waals surface area contributed by atoms with Gasteiger partial charge in [0.15, 0.2) is 52.3 Å². The van der Waals surface area contributed by atoms with E-state index in [2.05, 4.69) is 22.0 Å². The minimum absolute atomic E-state index is 0.0243. The van der Waals surface area contributed by atoms with Crippen LogP contribution in [0, 0.1) is 83.3 Å². The number of halogens is 11. The number of terminal acetylenes is 1. The Labute approximate surface area is 401 Å². The summed E-state index contributed by atoms with van der Waals surface area (Å²) in [7, 11) is 1.38. The van der Waals surface area contributed by atoms with E-state index in [1.165, 1.54) is 38.8 Å². The first kappa shape index (κ1) is 58.9. The molecule has 0 aromatic heterocycles. The van der Waals surface area contributed by atoms with Crippen LogP contribution in [0.3, 0.4) is 0 Å². The first-order valence-corrected chi connectivity index (χ1v) is 21.3. The monoisotopic (exact) mass is 1020 g/mol. The second-order valence-electron chi connectivity index (χ2n) is 15.6. The average molecular weight is 1020 g/mol. The molecule has 3 aromatic rings. The van der Waals surface area contributed by atoms with Gasteiger partial charge in [0.25, 0.3) is 0 Å². The fraction of sp³-hybridized carbons (Fsp3) is 0.388. The van der Waals surface area contributed by atoms with Gasteiger partial charge in [-0.15, -0.1) is 12.3 Å². The standard InChI is InChI=1S/C49H48F11NO10/c1-8-11-15-28(62)22-61(7)49(24-67-20-17-32(64)70-47-36(51)27(6)35(50)40(55)44(47)59,25-68-21-18-33(65)71-48-39(54)30(14-10-3)38(53)42(57)45(48)60)23-66-19-12-16-31(63)69-46-34(26(4)5)29(13-9-2)37(52)41(56)43(46)58/h1,9-10,13-14H,4,11-12,15-25H2,2-3,5-7H3/b13-9+,14-10+. The van der Waals surface area contributed by atoms with Gasteiger partial charge in [0.1, 0.15) is 5.78 Å². The molecular formula is C49H48F11NO10. The number of carbonyl (C=O) groups is 4. The number of carbonyl (C=O) groups excluding carboxylic acids is 4. The van der Waals surface area contributed by atoms with E-state index in [1.807, 2.05) is 0 Å². The number of allylic oxidation sites excluding steroid dienone is 3. The number of ketones is 1. The summed E-state index contributed by atoms with van der Waals surface area (Å²) < 4.78 is 191. The van der Waals surface area contributed by atoms with E-state index in [4.69, 9.17) is 25.4 Å². The maximum atomic E-state index is 15.0. The Hall–Kier alpha value is -6.41. The van der Waals surface area contributed by atoms with Crippen LogP contribution in [0.5, 0.6) is 17.2 Å². The largest absolute Gasteiger partial charge is 0.423 e. The van der Waals surface area contributed by atoms with Crippen molar-refractivity contribution in [2.75, 3.05) is 53.2 Å². The molecule has 3 aromatic carbocycles. The number of hydrogen-bond acceptors (Lipinski definition) is 11. The fourth-order valence-electron chi connectivity index (χ4n) is 6.43. The van der Waals surface area contributed by atoms with Crippen molar-refractivity contribution in [3.05, 3.63) is 105 Å². The maximum absolute atomic E-state index is 15.0. The zero-order valence-electron chi connectivity index (χ0n) is 39.0. The number of rotatable bonds is 27. The quantitative estimate of drug-likeness (QED) is 0.0138. The molecule has 386 valence electrons. The van der Waals surface area contributed by atoms with Crippen molar-refractivity contribution in [1.82, 2.24) is 4.90 Å². The molecule has 0 amide bonds. The first-order valence-electron chi connectivity index (χ1n) is 21.3. The number of benzene rings is 3. The minimum Gasteiger partial charge on any atom is -0.423 e. The molecule has 0 bridgehead atoms. The predicted octanol–water partition coefficient (Wildman–Crippen LogP) is 10.0. The van der Waals surface area contributed by atoms with Gasteiger partial charge in [-0.1, -0.05) is 30.9 Å². The molecule has 0 aliphatic carbocycles. The molecule has 1 unspecified atom stereocenters. The van der Waals surface area contributed by atoms with Crippen molar-refractivity contribution in [3.63, 3.8) is 0 Å². The summed E-state index contributed by atoms with van der Waals surface area (Å²) in [5, 5.41) is 0. The maximum Gasteiger partial charge on any atom is 0.313 e. The van der Waals surface area contributed by atoms with E-state index in [-0.39, 0.29) is 37.0 Å². The number of likely N-dealkylation sites (N-methyl/N-ethyl adjacent to an activating group) is 1. The highest BCUT2D eigenvalue weighted by atomic mass is 19.2. The SMILES string of the molecule is C#CCCC(=O)CN(C)C(COCCCC(=O)Oc1c(F)c(F)c(F)c(/C=C/C)c1C(=C)C)(COCCC(=O)Oc1c(F)c(C)c(F)c(F)c1F)COCCC(=O)Oc1c(F)c(F)c(F)c(/C=C/C)c1F. The molecule has 0 heterocycles. The zero-order chi connectivity index (χ0) is 53.3. The van der Waals surface area contributed by atoms with Gasteiger partial charge < -0.3 is 28.4 Å². The van der Waals surface area contributed by atoms with Crippen molar-refractivity contribution >= 4 is 41.4 Å². The molecule has 1 atom stereocenters. The molecule has 71 heavy (non-hydrogen) atoms. The first-order chi connectivity index (χ1) is 33.5. The van der Waals surface area contributed by atoms with Crippen LogP contribution >= 0.6 is 0 Å². The van der Waals surface area contributed by atoms with Gasteiger partial charge >= 0.3 is 17.9 Å². The van der Waals surface area contributed by atoms with E-state index in [1.54, 1.807) is 0 Å². The molecule has 3 rings (SSSR count). The third kappa shape index (κ3) is 15.1. The summed E-state index contributed by atoms with van der Waals surface area (Å²) in [5.41, 5.74) is -4.36. The summed E-state index contributed by atoms with van der Waals surface area (Å²) in [6, 6.07) is 0. The highest BCUT2D eigenvalue weighted by Crippen LogP contribution is 2.37. The minimum atomic E-state index is -2.13. The highest BCUT2D eigenvalue weighted by molar-refractivity contribution is 5.81. The summed E-state index contributed by atoms with van der Waals surface area (Å²) in [4.78, 5) is 52.6. The van der Waals surface area contributed by atoms with Crippen LogP contribution in [0.15, 0.2) is 18.7 Å². The number of hydrogen-bond donors (Lipinski definition) is 0.